The first kappa shape index (κ1) is 112. The van der Waals surface area contributed by atoms with E-state index >= 15 is 0 Å². The molecule has 6 fully saturated rings. The molecule has 44 heteroatoms. The van der Waals surface area contributed by atoms with Crippen molar-refractivity contribution in [2.75, 3.05) is 52.9 Å². The zero-order chi connectivity index (χ0) is 94.5. The van der Waals surface area contributed by atoms with E-state index in [0.29, 0.717) is 12.8 Å². The molecule has 44 nitrogen and oxygen atoms in total. The van der Waals surface area contributed by atoms with Crippen molar-refractivity contribution in [3.05, 3.63) is 12.2 Å². The van der Waals surface area contributed by atoms with Crippen molar-refractivity contribution in [1.29, 1.82) is 0 Å². The molecular weight excluding hydrogens is 1700 g/mol. The Morgan fingerprint density at radius 2 is 0.797 bits per heavy atom. The van der Waals surface area contributed by atoms with Gasteiger partial charge in [0.2, 0.25) is 23.6 Å². The maximum absolute atomic E-state index is 14.0. The van der Waals surface area contributed by atoms with Crippen LogP contribution in [-0.4, -0.2) is 408 Å². The Morgan fingerprint density at radius 1 is 0.414 bits per heavy atom. The number of nitrogens with one attached hydrogen (secondary N) is 4. The van der Waals surface area contributed by atoms with E-state index in [1.807, 2.05) is 0 Å². The number of aliphatic hydroxyl groups is 20. The summed E-state index contributed by atoms with van der Waals surface area (Å²) < 4.78 is 72.3. The minimum atomic E-state index is -3.51. The van der Waals surface area contributed by atoms with Crippen molar-refractivity contribution in [2.45, 2.75) is 428 Å². The molecule has 34 atom stereocenters. The second kappa shape index (κ2) is 57.2. The second-order valence-corrected chi connectivity index (χ2v) is 34.3. The number of carboxylic acid groups (broad SMARTS) is 2. The summed E-state index contributed by atoms with van der Waals surface area (Å²) in [6.45, 7) is -3.17. The minimum absolute atomic E-state index is 0.0913. The van der Waals surface area contributed by atoms with E-state index in [0.717, 1.165) is 78.1 Å². The maximum Gasteiger partial charge on any atom is 0.364 e. The molecule has 744 valence electrons. The van der Waals surface area contributed by atoms with E-state index in [1.165, 1.54) is 102 Å². The SMILES string of the molecule is CCCCCCCCCCCCC/C=C/[C@@H](O)[C@H](CO[C@@H]1OC(CO)[C@@H](O[C@@H]2OC(CO)[C@H](O[C@@H]3OC(CO)[C@H](O)[C@H](O[C@@H]4OC(CO)[C@H](O)[C@H](O[C@]5(C(=O)O)CC(O)[C@@H](NC(=O)CO)C([C@H](O)[C@H](O)CO)O5)C4O)C3NC(C)=O)[C@H](O[C@]3(C(=O)O)CC(O)[C@@H](NC(C)=O)C([C@H](O)[C@H](O)CO)O3)C2O)[C@H](O)C1O)NC(=O)CCCCCCCCCCCCCCCCC. The lowest BCUT2D eigenvalue weighted by Gasteiger charge is -2.53. The number of rotatable bonds is 60. The third-order valence-electron chi connectivity index (χ3n) is 24.2. The molecule has 0 aromatic rings. The summed E-state index contributed by atoms with van der Waals surface area (Å²) in [6, 6.07) is -7.13. The van der Waals surface area contributed by atoms with Crippen LogP contribution in [-0.2, 0) is 85.6 Å². The fourth-order valence-electron chi connectivity index (χ4n) is 16.9. The first-order valence-corrected chi connectivity index (χ1v) is 45.4. The molecule has 0 aliphatic carbocycles. The number of aliphatic carboxylic acids is 2. The second-order valence-electron chi connectivity index (χ2n) is 34.3. The minimum Gasteiger partial charge on any atom is -0.477 e. The van der Waals surface area contributed by atoms with Crippen LogP contribution in [0.4, 0.5) is 0 Å². The Kier molecular flexibility index (Phi) is 50.1. The summed E-state index contributed by atoms with van der Waals surface area (Å²) in [5.74, 6) is -15.0. The van der Waals surface area contributed by atoms with Crippen molar-refractivity contribution >= 4 is 35.6 Å². The highest BCUT2D eigenvalue weighted by Gasteiger charge is 2.64. The predicted octanol–water partition coefficient (Wildman–Crippen LogP) is -4.90. The number of amides is 4. The van der Waals surface area contributed by atoms with Gasteiger partial charge in [0.15, 0.2) is 25.2 Å². The van der Waals surface area contributed by atoms with E-state index in [4.69, 9.17) is 56.8 Å². The molecule has 0 aromatic carbocycles. The van der Waals surface area contributed by atoms with Gasteiger partial charge in [0, 0.05) is 33.1 Å². The van der Waals surface area contributed by atoms with E-state index in [-0.39, 0.29) is 6.42 Å². The van der Waals surface area contributed by atoms with Gasteiger partial charge in [-0.05, 0) is 19.3 Å². The van der Waals surface area contributed by atoms with Crippen molar-refractivity contribution in [3.8, 4) is 0 Å². The average Bonchev–Trinajstić information content (AvgIpc) is 0.748. The zero-order valence-corrected chi connectivity index (χ0v) is 73.7. The molecule has 4 amide bonds. The van der Waals surface area contributed by atoms with Crippen molar-refractivity contribution < 1.29 is 198 Å². The number of unbranched alkanes of at least 4 members (excludes halogenated alkanes) is 25. The predicted molar refractivity (Wildman–Crippen MR) is 441 cm³/mol. The zero-order valence-electron chi connectivity index (χ0n) is 73.7. The van der Waals surface area contributed by atoms with Gasteiger partial charge in [-0.15, -0.1) is 0 Å². The Morgan fingerprint density at radius 3 is 1.24 bits per heavy atom. The fourth-order valence-corrected chi connectivity index (χ4v) is 16.9. The Bertz CT molecular complexity index is 3220. The van der Waals surface area contributed by atoms with Crippen molar-refractivity contribution in [3.63, 3.8) is 0 Å². The van der Waals surface area contributed by atoms with Crippen molar-refractivity contribution in [1.82, 2.24) is 21.3 Å². The summed E-state index contributed by atoms with van der Waals surface area (Å²) in [5.41, 5.74) is 0. The highest BCUT2D eigenvalue weighted by Crippen LogP contribution is 2.43. The molecule has 12 unspecified atom stereocenters. The van der Waals surface area contributed by atoms with Gasteiger partial charge in [0.1, 0.15) is 141 Å². The molecule has 6 aliphatic rings. The summed E-state index contributed by atoms with van der Waals surface area (Å²) in [7, 11) is 0. The maximum atomic E-state index is 14.0. The topological polar surface area (TPSA) is 706 Å². The molecule has 0 aromatic heterocycles. The lowest BCUT2D eigenvalue weighted by atomic mass is 9.88. The van der Waals surface area contributed by atoms with Gasteiger partial charge < -0.3 is 190 Å². The number of carbonyl (C=O) groups excluding carboxylic acids is 4. The van der Waals surface area contributed by atoms with Gasteiger partial charge in [-0.3, -0.25) is 19.2 Å². The van der Waals surface area contributed by atoms with Gasteiger partial charge in [0.05, 0.1) is 82.7 Å². The average molecular weight is 1850 g/mol. The molecule has 6 aliphatic heterocycles. The monoisotopic (exact) mass is 1850 g/mol. The van der Waals surface area contributed by atoms with Crippen LogP contribution < -0.4 is 21.3 Å². The third-order valence-corrected chi connectivity index (χ3v) is 24.2. The van der Waals surface area contributed by atoms with Crippen LogP contribution in [0.15, 0.2) is 12.2 Å². The number of aliphatic hydroxyl groups excluding tert-OH is 20. The number of ether oxygens (including phenoxy) is 12. The molecule has 0 bridgehead atoms. The van der Waals surface area contributed by atoms with Crippen LogP contribution >= 0.6 is 0 Å². The Labute approximate surface area is 744 Å². The molecule has 6 saturated heterocycles. The molecule has 0 radical (unpaired) electrons. The van der Waals surface area contributed by atoms with Crippen LogP contribution in [0, 0.1) is 0 Å². The van der Waals surface area contributed by atoms with E-state index in [1.54, 1.807) is 6.08 Å². The van der Waals surface area contributed by atoms with Gasteiger partial charge in [0.25, 0.3) is 11.6 Å². The summed E-state index contributed by atoms with van der Waals surface area (Å²) >= 11 is 0. The summed E-state index contributed by atoms with van der Waals surface area (Å²) in [5, 5.41) is 257. The molecule has 128 heavy (non-hydrogen) atoms. The highest BCUT2D eigenvalue weighted by atomic mass is 16.8. The standard InChI is InChI=1S/C84H148N4O40/c1-5-7-9-11-13-15-17-19-20-22-24-26-28-30-32-34-57(103)87-47(48(98)33-31-29-27-25-23-21-18-16-14-12-10-8-6-2)44-117-78-67(110)66(109)70(55(41-93)120-78)122-80-69(112)76(128-84(82(115)116)35-49(99)59(85-45(3)96)73(125-84)62(105)51(101)37-89)71(56(42-94)121-80)123-77-61(86-46(4)97)72(64(107)53(39-91)118-77)124-79-68(111)75(65(108)54(40-92)119-79)127-83(81(113)114)36-50(100)60(88-58(104)43-95)74(126-83)63(106)52(102)38-90/h31,33,47-56,59-80,89-95,98-102,105-112H,5-30,32,34-44H2,1-4H3,(H,85,96)(H,86,97)(H,87,103)(H,88,104)(H,113,114)(H,115,116)/b33-31+/t47-,48+,49?,50?,51+,52+,53?,54?,55?,56?,59+,60+,61?,62+,63+,64-,65-,66+,67?,68?,69?,70+,71-,72+,73?,74?,75-,76+,77-,78+,79-,80-,83-,84-/m0/s1. The number of carboxylic acids is 2. The van der Waals surface area contributed by atoms with Gasteiger partial charge in [-0.2, -0.15) is 0 Å². The third kappa shape index (κ3) is 32.5. The highest BCUT2D eigenvalue weighted by molar-refractivity contribution is 5.79. The van der Waals surface area contributed by atoms with E-state index in [2.05, 4.69) is 35.1 Å². The quantitative estimate of drug-likeness (QED) is 0.0200. The number of hydrogen-bond donors (Lipinski definition) is 26. The first-order valence-electron chi connectivity index (χ1n) is 45.4. The first-order chi connectivity index (χ1) is 61.1. The number of carbonyl (C=O) groups is 6. The van der Waals surface area contributed by atoms with E-state index in [9.17, 15) is 141 Å². The van der Waals surface area contributed by atoms with Crippen molar-refractivity contribution in [2.24, 2.45) is 0 Å². The summed E-state index contributed by atoms with van der Waals surface area (Å²) in [6.07, 6.45) is -33.1. The molecule has 26 N–H and O–H groups in total. The lowest BCUT2D eigenvalue weighted by molar-refractivity contribution is -0.405. The smallest absolute Gasteiger partial charge is 0.364 e. The Hall–Kier alpha value is -4.72. The van der Waals surface area contributed by atoms with Crippen LogP contribution in [0.5, 0.6) is 0 Å². The van der Waals surface area contributed by atoms with Crippen LogP contribution in [0.3, 0.4) is 0 Å². The lowest BCUT2D eigenvalue weighted by Crippen LogP contribution is -2.72. The van der Waals surface area contributed by atoms with Gasteiger partial charge in [-0.25, -0.2) is 9.59 Å². The molecule has 0 saturated carbocycles. The number of hydrogen-bond acceptors (Lipinski definition) is 38. The number of allylic oxidation sites excluding steroid dienone is 1. The van der Waals surface area contributed by atoms with E-state index < -0.39 is 309 Å². The fraction of sp³-hybridized carbons (Fsp3) is 0.905. The molecular formula is C84H148N4O40. The van der Waals surface area contributed by atoms with Gasteiger partial charge >= 0.3 is 11.9 Å². The van der Waals surface area contributed by atoms with Gasteiger partial charge in [-0.1, -0.05) is 180 Å². The van der Waals surface area contributed by atoms with Crippen LogP contribution in [0.1, 0.15) is 220 Å². The molecule has 6 rings (SSSR count). The van der Waals surface area contributed by atoms with Crippen LogP contribution in [0.2, 0.25) is 0 Å². The Balaban J connectivity index is 1.30. The summed E-state index contributed by atoms with van der Waals surface area (Å²) in [4.78, 5) is 79.7. The molecule has 6 heterocycles. The normalized spacial score (nSPS) is 34.9. The largest absolute Gasteiger partial charge is 0.477 e. The molecule has 0 spiro atoms. The van der Waals surface area contributed by atoms with Crippen LogP contribution in [0.25, 0.3) is 0 Å².